The normalized spacial score (nSPS) is 27.7. The van der Waals surface area contributed by atoms with E-state index in [0.29, 0.717) is 12.5 Å². The lowest BCUT2D eigenvalue weighted by molar-refractivity contribution is -0.122. The maximum Gasteiger partial charge on any atom is 0.221 e. The molecule has 0 unspecified atom stereocenters. The van der Waals surface area contributed by atoms with Crippen LogP contribution in [-0.4, -0.2) is 25.5 Å². The predicted octanol–water partition coefficient (Wildman–Crippen LogP) is -0.516. The molecule has 1 aliphatic rings. The second kappa shape index (κ2) is 2.82. The zero-order chi connectivity index (χ0) is 6.69. The van der Waals surface area contributed by atoms with Crippen LogP contribution in [0.15, 0.2) is 0 Å². The molecule has 0 aromatic heterocycles. The lowest BCUT2D eigenvalue weighted by Crippen LogP contribution is -2.41. The summed E-state index contributed by atoms with van der Waals surface area (Å²) in [6.45, 7) is 0.824. The van der Waals surface area contributed by atoms with Gasteiger partial charge in [0.25, 0.3) is 0 Å². The second-order valence-electron chi connectivity index (χ2n) is 2.33. The Bertz CT molecular complexity index is 114. The largest absolute Gasteiger partial charge is 0.356 e. The lowest BCUT2D eigenvalue weighted by atomic mass is 10.1. The van der Waals surface area contributed by atoms with E-state index < -0.39 is 0 Å². The van der Waals surface area contributed by atoms with Crippen molar-refractivity contribution < 1.29 is 4.79 Å². The van der Waals surface area contributed by atoms with E-state index >= 15 is 0 Å². The van der Waals surface area contributed by atoms with Gasteiger partial charge in [-0.05, 0) is 13.5 Å². The Labute approximate surface area is 54.8 Å². The van der Waals surface area contributed by atoms with Crippen LogP contribution in [0.4, 0.5) is 0 Å². The Kier molecular flexibility index (Phi) is 2.05. The maximum absolute atomic E-state index is 10.7. The van der Waals surface area contributed by atoms with E-state index in [9.17, 15) is 4.79 Å². The first-order valence-corrected chi connectivity index (χ1v) is 3.27. The first-order chi connectivity index (χ1) is 4.33. The summed E-state index contributed by atoms with van der Waals surface area (Å²) in [7, 11) is 1.89. The number of nitrogens with one attached hydrogen (secondary N) is 2. The smallest absolute Gasteiger partial charge is 0.221 e. The quantitative estimate of drug-likeness (QED) is 0.499. The van der Waals surface area contributed by atoms with Crippen LogP contribution in [0.1, 0.15) is 12.8 Å². The summed E-state index contributed by atoms with van der Waals surface area (Å²) in [5, 5.41) is 5.84. The van der Waals surface area contributed by atoms with E-state index in [1.165, 1.54) is 0 Å². The first kappa shape index (κ1) is 6.55. The van der Waals surface area contributed by atoms with E-state index in [1.807, 2.05) is 7.05 Å². The first-order valence-electron chi connectivity index (χ1n) is 3.27. The van der Waals surface area contributed by atoms with Gasteiger partial charge in [0.15, 0.2) is 0 Å². The molecule has 1 saturated heterocycles. The van der Waals surface area contributed by atoms with E-state index in [-0.39, 0.29) is 5.91 Å². The predicted molar refractivity (Wildman–Crippen MR) is 35.1 cm³/mol. The van der Waals surface area contributed by atoms with Crippen LogP contribution < -0.4 is 10.6 Å². The number of hydrogen-bond donors (Lipinski definition) is 2. The average molecular weight is 128 g/mol. The highest BCUT2D eigenvalue weighted by atomic mass is 16.1. The minimum atomic E-state index is 0.167. The number of amides is 1. The van der Waals surface area contributed by atoms with E-state index in [1.54, 1.807) is 0 Å². The highest BCUT2D eigenvalue weighted by Gasteiger charge is 2.15. The number of carbonyl (C=O) groups is 1. The molecule has 1 amide bonds. The Morgan fingerprint density at radius 3 is 3.00 bits per heavy atom. The molecule has 1 fully saturated rings. The highest BCUT2D eigenvalue weighted by molar-refractivity contribution is 5.77. The number of piperidine rings is 1. The van der Waals surface area contributed by atoms with Crippen molar-refractivity contribution in [1.29, 1.82) is 0 Å². The van der Waals surface area contributed by atoms with Crippen LogP contribution in [0.2, 0.25) is 0 Å². The van der Waals surface area contributed by atoms with Crippen molar-refractivity contribution in [1.82, 2.24) is 10.6 Å². The number of hydrogen-bond acceptors (Lipinski definition) is 2. The molecule has 0 radical (unpaired) electrons. The molecule has 1 rings (SSSR count). The van der Waals surface area contributed by atoms with Crippen molar-refractivity contribution in [3.05, 3.63) is 0 Å². The fourth-order valence-electron chi connectivity index (χ4n) is 1.03. The molecule has 0 aromatic carbocycles. The highest BCUT2D eigenvalue weighted by Crippen LogP contribution is 2.01. The maximum atomic E-state index is 10.7. The molecule has 2 N–H and O–H groups in total. The second-order valence-corrected chi connectivity index (χ2v) is 2.33. The Balaban J connectivity index is 2.32. The fraction of sp³-hybridized carbons (Fsp3) is 0.833. The van der Waals surface area contributed by atoms with Crippen LogP contribution in [0.25, 0.3) is 0 Å². The van der Waals surface area contributed by atoms with Gasteiger partial charge in [0.2, 0.25) is 5.91 Å². The van der Waals surface area contributed by atoms with Gasteiger partial charge in [-0.3, -0.25) is 4.79 Å². The molecule has 9 heavy (non-hydrogen) atoms. The molecule has 0 aliphatic carbocycles. The van der Waals surface area contributed by atoms with Crippen molar-refractivity contribution in [2.45, 2.75) is 18.9 Å². The van der Waals surface area contributed by atoms with Crippen molar-refractivity contribution in [2.75, 3.05) is 13.6 Å². The molecule has 1 heterocycles. The van der Waals surface area contributed by atoms with Crippen LogP contribution in [0, 0.1) is 0 Å². The Hall–Kier alpha value is -0.570. The topological polar surface area (TPSA) is 41.1 Å². The number of rotatable bonds is 1. The van der Waals surface area contributed by atoms with Crippen LogP contribution in [0.3, 0.4) is 0 Å². The SMILES string of the molecule is CN[C@@H]1CCNC(=O)C1. The summed E-state index contributed by atoms with van der Waals surface area (Å²) in [6.07, 6.45) is 1.69. The molecule has 0 bridgehead atoms. The van der Waals surface area contributed by atoms with Crippen molar-refractivity contribution in [2.24, 2.45) is 0 Å². The molecule has 3 nitrogen and oxygen atoms in total. The number of carbonyl (C=O) groups excluding carboxylic acids is 1. The van der Waals surface area contributed by atoms with E-state index in [4.69, 9.17) is 0 Å². The summed E-state index contributed by atoms with van der Waals surface area (Å²) in [5.74, 6) is 0.167. The fourth-order valence-corrected chi connectivity index (χ4v) is 1.03. The van der Waals surface area contributed by atoms with Gasteiger partial charge in [-0.1, -0.05) is 0 Å². The monoisotopic (exact) mass is 128 g/mol. The molecule has 1 aliphatic heterocycles. The van der Waals surface area contributed by atoms with Crippen LogP contribution in [-0.2, 0) is 4.79 Å². The van der Waals surface area contributed by atoms with Crippen molar-refractivity contribution >= 4 is 5.91 Å². The summed E-state index contributed by atoms with van der Waals surface area (Å²) >= 11 is 0. The lowest BCUT2D eigenvalue weighted by Gasteiger charge is -2.20. The van der Waals surface area contributed by atoms with Crippen LogP contribution in [0.5, 0.6) is 0 Å². The third kappa shape index (κ3) is 1.68. The summed E-state index contributed by atoms with van der Waals surface area (Å²) in [4.78, 5) is 10.7. The van der Waals surface area contributed by atoms with Gasteiger partial charge < -0.3 is 10.6 Å². The third-order valence-corrected chi connectivity index (χ3v) is 1.66. The minimum Gasteiger partial charge on any atom is -0.356 e. The molecule has 1 atom stereocenters. The van der Waals surface area contributed by atoms with Crippen molar-refractivity contribution in [3.63, 3.8) is 0 Å². The van der Waals surface area contributed by atoms with Gasteiger partial charge in [0.05, 0.1) is 0 Å². The van der Waals surface area contributed by atoms with Crippen LogP contribution >= 0.6 is 0 Å². The van der Waals surface area contributed by atoms with E-state index in [0.717, 1.165) is 13.0 Å². The molecule has 0 spiro atoms. The zero-order valence-corrected chi connectivity index (χ0v) is 5.61. The Morgan fingerprint density at radius 2 is 2.56 bits per heavy atom. The molecule has 0 saturated carbocycles. The molecule has 3 heteroatoms. The van der Waals surface area contributed by atoms with Gasteiger partial charge in [-0.15, -0.1) is 0 Å². The summed E-state index contributed by atoms with van der Waals surface area (Å²) in [6, 6.07) is 0.402. The van der Waals surface area contributed by atoms with Crippen molar-refractivity contribution in [3.8, 4) is 0 Å². The van der Waals surface area contributed by atoms with Gasteiger partial charge in [0, 0.05) is 19.0 Å². The third-order valence-electron chi connectivity index (χ3n) is 1.66. The molecule has 52 valence electrons. The standard InChI is InChI=1S/C6H12N2O/c1-7-5-2-3-8-6(9)4-5/h5,7H,2-4H2,1H3,(H,8,9)/t5-/m1/s1. The minimum absolute atomic E-state index is 0.167. The van der Waals surface area contributed by atoms with Gasteiger partial charge in [-0.25, -0.2) is 0 Å². The Morgan fingerprint density at radius 1 is 1.78 bits per heavy atom. The summed E-state index contributed by atoms with van der Waals surface area (Å²) < 4.78 is 0. The van der Waals surface area contributed by atoms with E-state index in [2.05, 4.69) is 10.6 Å². The van der Waals surface area contributed by atoms with Gasteiger partial charge >= 0.3 is 0 Å². The molecular weight excluding hydrogens is 116 g/mol. The average Bonchev–Trinajstić information content (AvgIpc) is 1.88. The zero-order valence-electron chi connectivity index (χ0n) is 5.61. The van der Waals surface area contributed by atoms with Gasteiger partial charge in [-0.2, -0.15) is 0 Å². The van der Waals surface area contributed by atoms with Gasteiger partial charge in [0.1, 0.15) is 0 Å². The summed E-state index contributed by atoms with van der Waals surface area (Å²) in [5.41, 5.74) is 0. The molecular formula is C6H12N2O. The molecule has 0 aromatic rings.